The lowest BCUT2D eigenvalue weighted by atomic mass is 9.92. The number of nitrogens with two attached hydrogens (primary N) is 1. The first-order valence-corrected chi connectivity index (χ1v) is 8.88. The van der Waals surface area contributed by atoms with Crippen LogP contribution in [0.3, 0.4) is 0 Å². The molecule has 5 nitrogen and oxygen atoms in total. The quantitative estimate of drug-likeness (QED) is 0.310. The summed E-state index contributed by atoms with van der Waals surface area (Å²) in [4.78, 5) is 4.81. The summed E-state index contributed by atoms with van der Waals surface area (Å²) in [7, 11) is 0. The summed E-state index contributed by atoms with van der Waals surface area (Å²) in [5.41, 5.74) is 11.9. The molecule has 1 aromatic heterocycles. The largest absolute Gasteiger partial charge is 0.482 e. The van der Waals surface area contributed by atoms with Gasteiger partial charge in [-0.1, -0.05) is 24.6 Å². The molecule has 3 aromatic rings. The summed E-state index contributed by atoms with van der Waals surface area (Å²) in [5.74, 6) is 0. The van der Waals surface area contributed by atoms with E-state index in [9.17, 15) is 0 Å². The molecule has 1 heterocycles. The number of aryl methyl sites for hydroxylation is 1. The monoisotopic (exact) mass is 353 g/mol. The molecular weight excluding hydrogens is 327 g/mol. The second kappa shape index (κ2) is 10.2. The van der Waals surface area contributed by atoms with E-state index in [0.717, 1.165) is 36.7 Å². The number of nitrogens with zero attached hydrogens (tertiary/aromatic N) is 1. The molecule has 26 heavy (non-hydrogen) atoms. The third-order valence-corrected chi connectivity index (χ3v) is 4.61. The molecule has 0 amide bonds. The molecule has 0 aliphatic carbocycles. The number of fused-ring (bicyclic) bond motifs is 2. The van der Waals surface area contributed by atoms with E-state index in [-0.39, 0.29) is 14.3 Å². The van der Waals surface area contributed by atoms with Crippen molar-refractivity contribution in [1.82, 2.24) is 4.98 Å². The summed E-state index contributed by atoms with van der Waals surface area (Å²) in [6, 6.07) is 12.6. The van der Waals surface area contributed by atoms with Crippen LogP contribution in [0.5, 0.6) is 0 Å². The number of benzene rings is 2. The number of hydrogen-bond donors (Lipinski definition) is 4. The zero-order chi connectivity index (χ0) is 18.9. The smallest absolute Gasteiger partial charge is 0.429 e. The van der Waals surface area contributed by atoms with E-state index in [1.807, 2.05) is 6.07 Å². The second-order valence-corrected chi connectivity index (χ2v) is 6.24. The van der Waals surface area contributed by atoms with Crippen LogP contribution in [0.1, 0.15) is 36.0 Å². The van der Waals surface area contributed by atoms with Crippen LogP contribution in [0, 0.1) is 6.92 Å². The fourth-order valence-corrected chi connectivity index (χ4v) is 3.32. The highest BCUT2D eigenvalue weighted by Gasteiger charge is 2.11. The summed E-state index contributed by atoms with van der Waals surface area (Å²) in [5, 5.41) is 25.3. The Morgan fingerprint density at radius 3 is 2.46 bits per heavy atom. The number of unbranched alkanes of at least 4 members (excludes halogenated alkanes) is 2. The van der Waals surface area contributed by atoms with Crippen LogP contribution >= 0.6 is 0 Å². The van der Waals surface area contributed by atoms with E-state index in [4.69, 9.17) is 25.9 Å². The van der Waals surface area contributed by atoms with Crippen molar-refractivity contribution in [2.75, 3.05) is 6.61 Å². The Hall–Kier alpha value is -1.99. The van der Waals surface area contributed by atoms with Gasteiger partial charge in [-0.2, -0.15) is 0 Å². The number of aliphatic hydroxyl groups excluding tert-OH is 1. The highest BCUT2D eigenvalue weighted by atomic mass is 16.4. The average Bonchev–Trinajstić information content (AvgIpc) is 2.66. The Morgan fingerprint density at radius 1 is 1.04 bits per heavy atom. The average molecular weight is 353 g/mol. The molecule has 137 valence electrons. The minimum absolute atomic E-state index is 0. The van der Waals surface area contributed by atoms with Crippen LogP contribution in [0.2, 0.25) is 0 Å². The van der Waals surface area contributed by atoms with Crippen LogP contribution in [0.25, 0.3) is 21.8 Å². The predicted molar refractivity (Wildman–Crippen MR) is 107 cm³/mol. The molecule has 1 radical (unpaired) electrons. The number of hydrogen-bond acceptors (Lipinski definition) is 5. The maximum atomic E-state index is 8.93. The number of aromatic nitrogens is 1. The summed E-state index contributed by atoms with van der Waals surface area (Å²) in [6.45, 7) is 3.00. The fourth-order valence-electron chi connectivity index (χ4n) is 3.32. The molecule has 0 spiro atoms. The van der Waals surface area contributed by atoms with Crippen molar-refractivity contribution in [3.05, 3.63) is 53.1 Å². The SMILES string of the molecule is Cc1c(CCCCCO)c(CN)cc2nc3ccccc3cc12.O[B]O. The molecule has 0 fully saturated rings. The van der Waals surface area contributed by atoms with Gasteiger partial charge in [0.05, 0.1) is 11.0 Å². The molecule has 6 heteroatoms. The van der Waals surface area contributed by atoms with Crippen LogP contribution in [0.15, 0.2) is 36.4 Å². The molecule has 0 unspecified atom stereocenters. The number of rotatable bonds is 6. The van der Waals surface area contributed by atoms with Crippen molar-refractivity contribution in [2.24, 2.45) is 5.73 Å². The van der Waals surface area contributed by atoms with E-state index in [1.165, 1.54) is 27.5 Å². The maximum absolute atomic E-state index is 8.93. The molecule has 3 rings (SSSR count). The van der Waals surface area contributed by atoms with Gasteiger partial charge in [0.1, 0.15) is 0 Å². The highest BCUT2D eigenvalue weighted by molar-refractivity contribution is 6.13. The van der Waals surface area contributed by atoms with Crippen LogP contribution in [-0.2, 0) is 13.0 Å². The Kier molecular flexibility index (Phi) is 8.00. The minimum atomic E-state index is 0. The van der Waals surface area contributed by atoms with Crippen molar-refractivity contribution >= 4 is 29.5 Å². The summed E-state index contributed by atoms with van der Waals surface area (Å²) in [6.07, 6.45) is 4.02. The standard InChI is InChI=1S/C20H24N2O.BH2O2/c1-14-17(8-3-2-6-10-23)16(13-21)12-20-18(14)11-15-7-4-5-9-19(15)22-20;2-1-3/h4-5,7,9,11-12,23H,2-3,6,8,10,13,21H2,1H3;2-3H. The zero-order valence-electron chi connectivity index (χ0n) is 15.2. The maximum Gasteiger partial charge on any atom is 0.482 e. The number of para-hydroxylation sites is 1. The fraction of sp³-hybridized carbons (Fsp3) is 0.350. The molecule has 0 atom stereocenters. The third kappa shape index (κ3) is 4.80. The molecule has 0 aliphatic rings. The third-order valence-electron chi connectivity index (χ3n) is 4.61. The van der Waals surface area contributed by atoms with Gasteiger partial charge in [0.15, 0.2) is 0 Å². The Balaban J connectivity index is 0.000000758. The van der Waals surface area contributed by atoms with Crippen LogP contribution < -0.4 is 5.73 Å². The van der Waals surface area contributed by atoms with Gasteiger partial charge in [-0.05, 0) is 61.1 Å². The normalized spacial score (nSPS) is 10.7. The molecule has 2 aromatic carbocycles. The van der Waals surface area contributed by atoms with Gasteiger partial charge in [0.25, 0.3) is 0 Å². The van der Waals surface area contributed by atoms with Gasteiger partial charge in [-0.3, -0.25) is 0 Å². The molecule has 0 aliphatic heterocycles. The van der Waals surface area contributed by atoms with E-state index < -0.39 is 0 Å². The predicted octanol–water partition coefficient (Wildman–Crippen LogP) is 2.37. The molecule has 0 saturated carbocycles. The van der Waals surface area contributed by atoms with Crippen molar-refractivity contribution in [2.45, 2.75) is 39.2 Å². The molecule has 5 N–H and O–H groups in total. The minimum Gasteiger partial charge on any atom is -0.429 e. The van der Waals surface area contributed by atoms with Gasteiger partial charge in [-0.15, -0.1) is 0 Å². The van der Waals surface area contributed by atoms with Gasteiger partial charge in [-0.25, -0.2) is 4.98 Å². The first-order valence-electron chi connectivity index (χ1n) is 8.88. The topological polar surface area (TPSA) is 99.6 Å². The lowest BCUT2D eigenvalue weighted by Crippen LogP contribution is -2.05. The van der Waals surface area contributed by atoms with Crippen molar-refractivity contribution in [3.8, 4) is 0 Å². The van der Waals surface area contributed by atoms with Gasteiger partial charge in [0, 0.05) is 23.9 Å². The Bertz CT molecular complexity index is 855. The van der Waals surface area contributed by atoms with Gasteiger partial charge < -0.3 is 20.9 Å². The lowest BCUT2D eigenvalue weighted by molar-refractivity contribution is 0.283. The summed E-state index contributed by atoms with van der Waals surface area (Å²) >= 11 is 0. The van der Waals surface area contributed by atoms with Crippen molar-refractivity contribution in [3.63, 3.8) is 0 Å². The highest BCUT2D eigenvalue weighted by Crippen LogP contribution is 2.28. The van der Waals surface area contributed by atoms with Crippen molar-refractivity contribution in [1.29, 1.82) is 0 Å². The van der Waals surface area contributed by atoms with E-state index in [2.05, 4.69) is 37.3 Å². The van der Waals surface area contributed by atoms with Crippen molar-refractivity contribution < 1.29 is 15.2 Å². The van der Waals surface area contributed by atoms with E-state index in [1.54, 1.807) is 0 Å². The second-order valence-electron chi connectivity index (χ2n) is 6.24. The lowest BCUT2D eigenvalue weighted by Gasteiger charge is -2.15. The van der Waals surface area contributed by atoms with Gasteiger partial charge >= 0.3 is 7.69 Å². The Morgan fingerprint density at radius 2 is 1.77 bits per heavy atom. The van der Waals surface area contributed by atoms with Crippen LogP contribution in [0.4, 0.5) is 0 Å². The van der Waals surface area contributed by atoms with E-state index >= 15 is 0 Å². The van der Waals surface area contributed by atoms with E-state index in [0.29, 0.717) is 6.54 Å². The van der Waals surface area contributed by atoms with Gasteiger partial charge in [0.2, 0.25) is 0 Å². The van der Waals surface area contributed by atoms with Crippen LogP contribution in [-0.4, -0.2) is 34.4 Å². The molecule has 0 saturated heterocycles. The molecular formula is C20H26BN2O3. The Labute approximate surface area is 154 Å². The number of aliphatic hydroxyl groups is 1. The number of pyridine rings is 1. The first-order chi connectivity index (χ1) is 12.7. The first kappa shape index (κ1) is 20.3. The molecule has 0 bridgehead atoms. The summed E-state index contributed by atoms with van der Waals surface area (Å²) < 4.78 is 0. The zero-order valence-corrected chi connectivity index (χ0v) is 15.2.